The smallest absolute Gasteiger partial charge is 0.297 e. The van der Waals surface area contributed by atoms with Gasteiger partial charge in [0.1, 0.15) is 11.4 Å². The van der Waals surface area contributed by atoms with Gasteiger partial charge in [0.15, 0.2) is 0 Å². The van der Waals surface area contributed by atoms with Gasteiger partial charge in [0.05, 0.1) is 6.21 Å². The van der Waals surface area contributed by atoms with E-state index in [1.54, 1.807) is 24.5 Å². The Hall–Kier alpha value is -1.67. The highest BCUT2D eigenvalue weighted by Crippen LogP contribution is 2.21. The zero-order valence-electron chi connectivity index (χ0n) is 13.2. The number of nitrogens with zero attached hydrogens (tertiary/aromatic N) is 4. The first kappa shape index (κ1) is 17.7. The van der Waals surface area contributed by atoms with Crippen LogP contribution in [0.5, 0.6) is 5.75 Å². The van der Waals surface area contributed by atoms with Crippen LogP contribution in [0.25, 0.3) is 0 Å². The molecule has 0 aliphatic heterocycles. The number of phenolic OH excluding ortho intramolecular Hbond substituents is 1. The average Bonchev–Trinajstić information content (AvgIpc) is 2.47. The summed E-state index contributed by atoms with van der Waals surface area (Å²) in [7, 11) is 0. The molecule has 2 aromatic rings. The third-order valence-electron chi connectivity index (χ3n) is 3.01. The van der Waals surface area contributed by atoms with E-state index >= 15 is 0 Å². The Labute approximate surface area is 146 Å². The highest BCUT2D eigenvalue weighted by Gasteiger charge is 2.23. The van der Waals surface area contributed by atoms with Crippen molar-refractivity contribution in [1.82, 2.24) is 14.9 Å². The van der Waals surface area contributed by atoms with E-state index in [0.717, 1.165) is 4.47 Å². The van der Waals surface area contributed by atoms with Crippen LogP contribution in [-0.2, 0) is 5.41 Å². The quantitative estimate of drug-likeness (QED) is 0.636. The number of hydrogen-bond donors (Lipinski definition) is 1. The summed E-state index contributed by atoms with van der Waals surface area (Å²) >= 11 is 4.61. The standard InChI is InChI=1S/C15H17BrN4O2S/c1-15(2,3)12-13(22)20(14(23-4)19-18-12)17-8-9-7-10(16)5-6-11(9)21/h5-8,21H,1-4H3. The Morgan fingerprint density at radius 2 is 2.04 bits per heavy atom. The fourth-order valence-electron chi connectivity index (χ4n) is 1.81. The van der Waals surface area contributed by atoms with Gasteiger partial charge >= 0.3 is 0 Å². The molecule has 2 rings (SSSR count). The van der Waals surface area contributed by atoms with Crippen molar-refractivity contribution in [3.63, 3.8) is 0 Å². The zero-order valence-corrected chi connectivity index (χ0v) is 15.6. The van der Waals surface area contributed by atoms with E-state index in [4.69, 9.17) is 0 Å². The van der Waals surface area contributed by atoms with Crippen LogP contribution in [0.4, 0.5) is 0 Å². The van der Waals surface area contributed by atoms with Crippen LogP contribution in [0.1, 0.15) is 32.0 Å². The molecule has 122 valence electrons. The molecule has 0 aliphatic rings. The molecule has 0 radical (unpaired) electrons. The van der Waals surface area contributed by atoms with E-state index in [9.17, 15) is 9.90 Å². The second kappa shape index (κ2) is 6.84. The molecule has 0 atom stereocenters. The second-order valence-corrected chi connectivity index (χ2v) is 7.54. The van der Waals surface area contributed by atoms with Gasteiger partial charge in [0, 0.05) is 15.5 Å². The Morgan fingerprint density at radius 1 is 1.35 bits per heavy atom. The monoisotopic (exact) mass is 396 g/mol. The molecule has 1 heterocycles. The summed E-state index contributed by atoms with van der Waals surface area (Å²) in [6, 6.07) is 4.98. The summed E-state index contributed by atoms with van der Waals surface area (Å²) in [5, 5.41) is 22.5. The van der Waals surface area contributed by atoms with Gasteiger partial charge in [0.2, 0.25) is 5.16 Å². The number of rotatable bonds is 3. The van der Waals surface area contributed by atoms with Gasteiger partial charge in [0.25, 0.3) is 5.56 Å². The molecule has 0 spiro atoms. The number of halogens is 1. The summed E-state index contributed by atoms with van der Waals surface area (Å²) in [6.45, 7) is 5.68. The van der Waals surface area contributed by atoms with Crippen LogP contribution in [0, 0.1) is 0 Å². The lowest BCUT2D eigenvalue weighted by Gasteiger charge is -2.16. The first-order chi connectivity index (χ1) is 10.7. The van der Waals surface area contributed by atoms with Crippen molar-refractivity contribution in [2.45, 2.75) is 31.3 Å². The third kappa shape index (κ3) is 4.00. The van der Waals surface area contributed by atoms with Crippen LogP contribution in [0.3, 0.4) is 0 Å². The van der Waals surface area contributed by atoms with Crippen LogP contribution >= 0.6 is 27.7 Å². The zero-order chi connectivity index (χ0) is 17.2. The second-order valence-electron chi connectivity index (χ2n) is 5.85. The first-order valence-electron chi connectivity index (χ1n) is 6.81. The van der Waals surface area contributed by atoms with Gasteiger partial charge in [-0.25, -0.2) is 0 Å². The molecule has 0 aliphatic carbocycles. The molecule has 0 amide bonds. The summed E-state index contributed by atoms with van der Waals surface area (Å²) in [6.07, 6.45) is 3.22. The molecule has 1 aromatic heterocycles. The SMILES string of the molecule is CSc1nnc(C(C)(C)C)c(=O)n1N=Cc1cc(Br)ccc1O. The minimum atomic E-state index is -0.434. The molecule has 1 aromatic carbocycles. The summed E-state index contributed by atoms with van der Waals surface area (Å²) in [5.41, 5.74) is 0.0804. The molecule has 0 saturated heterocycles. The molecule has 0 unspecified atom stereocenters. The van der Waals surface area contributed by atoms with Crippen molar-refractivity contribution in [3.05, 3.63) is 44.3 Å². The van der Waals surface area contributed by atoms with E-state index < -0.39 is 5.41 Å². The average molecular weight is 397 g/mol. The lowest BCUT2D eigenvalue weighted by molar-refractivity contribution is 0.474. The predicted octanol–water partition coefficient (Wildman–Crippen LogP) is 3.01. The van der Waals surface area contributed by atoms with Gasteiger partial charge in [-0.3, -0.25) is 4.79 Å². The van der Waals surface area contributed by atoms with E-state index in [1.807, 2.05) is 20.8 Å². The Kier molecular flexibility index (Phi) is 5.26. The molecule has 6 nitrogen and oxygen atoms in total. The Morgan fingerprint density at radius 3 is 2.65 bits per heavy atom. The van der Waals surface area contributed by atoms with Crippen molar-refractivity contribution < 1.29 is 5.11 Å². The van der Waals surface area contributed by atoms with Gasteiger partial charge in [-0.2, -0.15) is 9.78 Å². The summed E-state index contributed by atoms with van der Waals surface area (Å²) < 4.78 is 2.01. The fourth-order valence-corrected chi connectivity index (χ4v) is 2.62. The molecule has 0 fully saturated rings. The van der Waals surface area contributed by atoms with Crippen LogP contribution < -0.4 is 5.56 Å². The largest absolute Gasteiger partial charge is 0.507 e. The molecule has 0 bridgehead atoms. The molecule has 8 heteroatoms. The highest BCUT2D eigenvalue weighted by atomic mass is 79.9. The fraction of sp³-hybridized carbons (Fsp3) is 0.333. The summed E-state index contributed by atoms with van der Waals surface area (Å²) in [4.78, 5) is 12.6. The maximum Gasteiger partial charge on any atom is 0.297 e. The molecule has 1 N–H and O–H groups in total. The van der Waals surface area contributed by atoms with E-state index in [-0.39, 0.29) is 11.3 Å². The van der Waals surface area contributed by atoms with Crippen LogP contribution in [0.15, 0.2) is 37.7 Å². The van der Waals surface area contributed by atoms with Crippen LogP contribution in [-0.4, -0.2) is 32.5 Å². The van der Waals surface area contributed by atoms with E-state index in [1.165, 1.54) is 22.7 Å². The van der Waals surface area contributed by atoms with E-state index in [2.05, 4.69) is 31.2 Å². The van der Waals surface area contributed by atoms with Crippen molar-refractivity contribution in [2.24, 2.45) is 5.10 Å². The van der Waals surface area contributed by atoms with Crippen molar-refractivity contribution in [3.8, 4) is 5.75 Å². The minimum Gasteiger partial charge on any atom is -0.507 e. The molecule has 23 heavy (non-hydrogen) atoms. The maximum absolute atomic E-state index is 12.6. The number of benzene rings is 1. The van der Waals surface area contributed by atoms with Crippen molar-refractivity contribution in [2.75, 3.05) is 6.26 Å². The summed E-state index contributed by atoms with van der Waals surface area (Å²) in [5.74, 6) is 0.0776. The Balaban J connectivity index is 2.56. The van der Waals surface area contributed by atoms with E-state index in [0.29, 0.717) is 16.4 Å². The van der Waals surface area contributed by atoms with Crippen molar-refractivity contribution >= 4 is 33.9 Å². The van der Waals surface area contributed by atoms with Gasteiger partial charge < -0.3 is 5.11 Å². The number of aromatic hydroxyl groups is 1. The van der Waals surface area contributed by atoms with Crippen molar-refractivity contribution in [1.29, 1.82) is 0 Å². The number of thioether (sulfide) groups is 1. The normalized spacial score (nSPS) is 12.0. The topological polar surface area (TPSA) is 80.4 Å². The predicted molar refractivity (Wildman–Crippen MR) is 95.6 cm³/mol. The lowest BCUT2D eigenvalue weighted by atomic mass is 9.93. The minimum absolute atomic E-state index is 0.0776. The number of hydrogen-bond acceptors (Lipinski definition) is 6. The molecular formula is C15H17BrN4O2S. The number of phenols is 1. The van der Waals surface area contributed by atoms with Crippen LogP contribution in [0.2, 0.25) is 0 Å². The number of aromatic nitrogens is 3. The van der Waals surface area contributed by atoms with Gasteiger partial charge in [-0.1, -0.05) is 48.5 Å². The highest BCUT2D eigenvalue weighted by molar-refractivity contribution is 9.10. The maximum atomic E-state index is 12.6. The third-order valence-corrected chi connectivity index (χ3v) is 4.12. The van der Waals surface area contributed by atoms with Gasteiger partial charge in [-0.05, 0) is 24.5 Å². The first-order valence-corrected chi connectivity index (χ1v) is 8.83. The molecule has 0 saturated carbocycles. The Bertz CT molecular complexity index is 812. The van der Waals surface area contributed by atoms with Gasteiger partial charge in [-0.15, -0.1) is 10.2 Å². The lowest BCUT2D eigenvalue weighted by Crippen LogP contribution is -2.32. The molecular weight excluding hydrogens is 380 g/mol.